The molecule has 1 aromatic rings. The number of benzene rings is 1. The lowest BCUT2D eigenvalue weighted by Crippen LogP contribution is -2.51. The smallest absolute Gasteiger partial charge is 0.243 e. The van der Waals surface area contributed by atoms with E-state index in [4.69, 9.17) is 0 Å². The number of rotatable bonds is 8. The van der Waals surface area contributed by atoms with Crippen LogP contribution in [-0.4, -0.2) is 68.0 Å². The third kappa shape index (κ3) is 7.93. The molecule has 174 valence electrons. The molecule has 0 radical (unpaired) electrons. The zero-order chi connectivity index (χ0) is 21.4. The Balaban J connectivity index is 0.00000341. The van der Waals surface area contributed by atoms with Crippen molar-refractivity contribution in [2.24, 2.45) is 10.4 Å². The number of aliphatic imine (C=N–C) groups is 1. The summed E-state index contributed by atoms with van der Waals surface area (Å²) < 4.78 is 0. The van der Waals surface area contributed by atoms with E-state index < -0.39 is 0 Å². The molecule has 0 bridgehead atoms. The molecule has 6 nitrogen and oxygen atoms in total. The van der Waals surface area contributed by atoms with Crippen molar-refractivity contribution >= 4 is 35.8 Å². The normalized spacial score (nSPS) is 19.1. The minimum Gasteiger partial charge on any atom is -0.356 e. The van der Waals surface area contributed by atoms with E-state index in [2.05, 4.69) is 57.8 Å². The average Bonchev–Trinajstić information content (AvgIpc) is 2.73. The molecule has 7 heteroatoms. The second-order valence-electron chi connectivity index (χ2n) is 9.19. The Morgan fingerprint density at radius 1 is 1.19 bits per heavy atom. The molecule has 1 aliphatic heterocycles. The molecule has 1 saturated heterocycles. The molecule has 0 unspecified atom stereocenters. The van der Waals surface area contributed by atoms with Gasteiger partial charge in [0.2, 0.25) is 5.91 Å². The van der Waals surface area contributed by atoms with E-state index in [0.29, 0.717) is 11.5 Å². The number of nitrogens with zero attached hydrogens (tertiary/aromatic N) is 3. The molecule has 0 spiro atoms. The average molecular weight is 542 g/mol. The van der Waals surface area contributed by atoms with E-state index in [-0.39, 0.29) is 36.4 Å². The Morgan fingerprint density at radius 2 is 1.87 bits per heavy atom. The maximum Gasteiger partial charge on any atom is 0.243 e. The molecule has 2 aliphatic rings. The van der Waals surface area contributed by atoms with Gasteiger partial charge in [0, 0.05) is 46.3 Å². The SMILES string of the molecule is CCC1(CNC(=NCC(=O)N(C)C)NC2CCN(Cc3ccccc3)CC2)CCC1.I. The number of likely N-dealkylation sites (tertiary alicyclic amines) is 1. The van der Waals surface area contributed by atoms with Crippen molar-refractivity contribution in [2.75, 3.05) is 40.3 Å². The monoisotopic (exact) mass is 541 g/mol. The quantitative estimate of drug-likeness (QED) is 0.301. The summed E-state index contributed by atoms with van der Waals surface area (Å²) in [6.45, 7) is 6.59. The van der Waals surface area contributed by atoms with Crippen molar-refractivity contribution in [3.05, 3.63) is 35.9 Å². The topological polar surface area (TPSA) is 60.0 Å². The first-order valence-electron chi connectivity index (χ1n) is 11.5. The summed E-state index contributed by atoms with van der Waals surface area (Å²) >= 11 is 0. The van der Waals surface area contributed by atoms with Gasteiger partial charge < -0.3 is 15.5 Å². The predicted octanol–water partition coefficient (Wildman–Crippen LogP) is 3.47. The van der Waals surface area contributed by atoms with E-state index >= 15 is 0 Å². The third-order valence-corrected chi connectivity index (χ3v) is 6.84. The van der Waals surface area contributed by atoms with E-state index in [0.717, 1.165) is 45.0 Å². The van der Waals surface area contributed by atoms with Crippen LogP contribution in [0.1, 0.15) is 51.0 Å². The largest absolute Gasteiger partial charge is 0.356 e. The molecule has 1 heterocycles. The first-order valence-corrected chi connectivity index (χ1v) is 11.5. The molecule has 0 aromatic heterocycles. The Labute approximate surface area is 205 Å². The standard InChI is InChI=1S/C24H39N5O.HI/c1-4-24(13-8-14-24)19-26-23(25-17-22(30)28(2)3)27-21-11-15-29(16-12-21)18-20-9-6-5-7-10-20;/h5-7,9-10,21H,4,8,11-19H2,1-3H3,(H2,25,26,27);1H. The van der Waals surface area contributed by atoms with Crippen molar-refractivity contribution in [1.82, 2.24) is 20.4 Å². The lowest BCUT2D eigenvalue weighted by molar-refractivity contribution is -0.127. The van der Waals surface area contributed by atoms with E-state index in [1.54, 1.807) is 19.0 Å². The van der Waals surface area contributed by atoms with Crippen molar-refractivity contribution in [2.45, 2.75) is 58.0 Å². The minimum absolute atomic E-state index is 0. The number of halogens is 1. The lowest BCUT2D eigenvalue weighted by atomic mass is 9.67. The van der Waals surface area contributed by atoms with Gasteiger partial charge in [-0.05, 0) is 43.1 Å². The molecular formula is C24H40IN5O. The fourth-order valence-corrected chi connectivity index (χ4v) is 4.31. The van der Waals surface area contributed by atoms with Crippen LogP contribution in [0.25, 0.3) is 0 Å². The zero-order valence-corrected chi connectivity index (χ0v) is 21.7. The van der Waals surface area contributed by atoms with Gasteiger partial charge in [0.25, 0.3) is 0 Å². The van der Waals surface area contributed by atoms with Crippen LogP contribution in [0.15, 0.2) is 35.3 Å². The molecule has 1 amide bonds. The summed E-state index contributed by atoms with van der Waals surface area (Å²) in [6.07, 6.45) is 7.29. The van der Waals surface area contributed by atoms with Crippen LogP contribution >= 0.6 is 24.0 Å². The number of carbonyl (C=O) groups is 1. The first kappa shape index (κ1) is 25.9. The molecule has 0 atom stereocenters. The van der Waals surface area contributed by atoms with Crippen LogP contribution in [0.5, 0.6) is 0 Å². The molecule has 2 fully saturated rings. The van der Waals surface area contributed by atoms with Crippen LogP contribution in [-0.2, 0) is 11.3 Å². The summed E-state index contributed by atoms with van der Waals surface area (Å²) in [7, 11) is 3.56. The van der Waals surface area contributed by atoms with Gasteiger partial charge in [-0.3, -0.25) is 9.69 Å². The highest BCUT2D eigenvalue weighted by Gasteiger charge is 2.35. The number of piperidine rings is 1. The molecular weight excluding hydrogens is 501 g/mol. The first-order chi connectivity index (χ1) is 14.5. The van der Waals surface area contributed by atoms with Gasteiger partial charge in [-0.15, -0.1) is 24.0 Å². The van der Waals surface area contributed by atoms with Crippen LogP contribution < -0.4 is 10.6 Å². The molecule has 1 aliphatic carbocycles. The Kier molecular flexibility index (Phi) is 10.6. The van der Waals surface area contributed by atoms with Crippen molar-refractivity contribution in [3.8, 4) is 0 Å². The van der Waals surface area contributed by atoms with Gasteiger partial charge >= 0.3 is 0 Å². The van der Waals surface area contributed by atoms with E-state index in [1.807, 2.05) is 0 Å². The molecule has 2 N–H and O–H groups in total. The number of hydrogen-bond acceptors (Lipinski definition) is 3. The number of hydrogen-bond donors (Lipinski definition) is 2. The summed E-state index contributed by atoms with van der Waals surface area (Å²) in [5, 5.41) is 7.18. The summed E-state index contributed by atoms with van der Waals surface area (Å²) in [6, 6.07) is 11.1. The number of likely N-dealkylation sites (N-methyl/N-ethyl adjacent to an activating group) is 1. The van der Waals surface area contributed by atoms with Crippen LogP contribution in [0.2, 0.25) is 0 Å². The van der Waals surface area contributed by atoms with Crippen molar-refractivity contribution in [1.29, 1.82) is 0 Å². The van der Waals surface area contributed by atoms with Gasteiger partial charge in [-0.1, -0.05) is 43.7 Å². The molecule has 1 aromatic carbocycles. The fraction of sp³-hybridized carbons (Fsp3) is 0.667. The number of carbonyl (C=O) groups excluding carboxylic acids is 1. The van der Waals surface area contributed by atoms with E-state index in [1.165, 1.54) is 31.2 Å². The van der Waals surface area contributed by atoms with Gasteiger partial charge in [-0.2, -0.15) is 0 Å². The van der Waals surface area contributed by atoms with Gasteiger partial charge in [0.05, 0.1) is 0 Å². The Hall–Kier alpha value is -1.35. The van der Waals surface area contributed by atoms with Gasteiger partial charge in [0.1, 0.15) is 6.54 Å². The maximum atomic E-state index is 12.0. The van der Waals surface area contributed by atoms with Crippen molar-refractivity contribution in [3.63, 3.8) is 0 Å². The Bertz CT molecular complexity index is 692. The zero-order valence-electron chi connectivity index (χ0n) is 19.4. The fourth-order valence-electron chi connectivity index (χ4n) is 4.31. The summed E-state index contributed by atoms with van der Waals surface area (Å²) in [5.41, 5.74) is 1.79. The van der Waals surface area contributed by atoms with Crippen LogP contribution in [0.4, 0.5) is 0 Å². The highest BCUT2D eigenvalue weighted by atomic mass is 127. The van der Waals surface area contributed by atoms with Crippen LogP contribution in [0.3, 0.4) is 0 Å². The summed E-state index contributed by atoms with van der Waals surface area (Å²) in [4.78, 5) is 20.8. The second kappa shape index (κ2) is 12.6. The highest BCUT2D eigenvalue weighted by Crippen LogP contribution is 2.43. The van der Waals surface area contributed by atoms with Crippen LogP contribution in [0, 0.1) is 5.41 Å². The van der Waals surface area contributed by atoms with Gasteiger partial charge in [0.15, 0.2) is 5.96 Å². The molecule has 3 rings (SSSR count). The lowest BCUT2D eigenvalue weighted by Gasteiger charge is -2.42. The second-order valence-corrected chi connectivity index (χ2v) is 9.19. The maximum absolute atomic E-state index is 12.0. The Morgan fingerprint density at radius 3 is 2.42 bits per heavy atom. The predicted molar refractivity (Wildman–Crippen MR) is 139 cm³/mol. The minimum atomic E-state index is 0. The highest BCUT2D eigenvalue weighted by molar-refractivity contribution is 14.0. The number of nitrogens with one attached hydrogen (secondary N) is 2. The third-order valence-electron chi connectivity index (χ3n) is 6.84. The molecule has 1 saturated carbocycles. The number of amides is 1. The van der Waals surface area contributed by atoms with Crippen molar-refractivity contribution < 1.29 is 4.79 Å². The summed E-state index contributed by atoms with van der Waals surface area (Å²) in [5.74, 6) is 0.828. The van der Waals surface area contributed by atoms with E-state index in [9.17, 15) is 4.79 Å². The molecule has 31 heavy (non-hydrogen) atoms. The number of guanidine groups is 1. The van der Waals surface area contributed by atoms with Gasteiger partial charge in [-0.25, -0.2) is 4.99 Å².